The van der Waals surface area contributed by atoms with E-state index in [0.29, 0.717) is 0 Å². The lowest BCUT2D eigenvalue weighted by Crippen LogP contribution is -2.08. The van der Waals surface area contributed by atoms with Gasteiger partial charge >= 0.3 is 0 Å². The molecule has 0 aliphatic heterocycles. The molecule has 0 saturated heterocycles. The van der Waals surface area contributed by atoms with Crippen LogP contribution in [0.1, 0.15) is 24.9 Å². The predicted molar refractivity (Wildman–Crippen MR) is 77.4 cm³/mol. The summed E-state index contributed by atoms with van der Waals surface area (Å²) in [4.78, 5) is 0. The van der Waals surface area contributed by atoms with Crippen molar-refractivity contribution in [3.8, 4) is 11.5 Å². The van der Waals surface area contributed by atoms with Crippen molar-refractivity contribution in [1.29, 1.82) is 0 Å². The van der Waals surface area contributed by atoms with Gasteiger partial charge in [0, 0.05) is 6.04 Å². The zero-order valence-corrected chi connectivity index (χ0v) is 11.2. The van der Waals surface area contributed by atoms with Crippen LogP contribution in [-0.2, 0) is 0 Å². The van der Waals surface area contributed by atoms with Gasteiger partial charge in [0.2, 0.25) is 0 Å². The Balaban J connectivity index is 0.00000162. The van der Waals surface area contributed by atoms with Crippen molar-refractivity contribution >= 4 is 12.4 Å². The standard InChI is InChI=1S/C15H17NO.ClH/c1-2-15(16)12-7-6-10-14(11-12)17-13-8-4-3-5-9-13;/h3-11,15H,2,16H2,1H3;1H/t15-;/m0./s1. The molecule has 0 heterocycles. The van der Waals surface area contributed by atoms with Gasteiger partial charge in [0.1, 0.15) is 11.5 Å². The third kappa shape index (κ3) is 3.76. The minimum absolute atomic E-state index is 0. The van der Waals surface area contributed by atoms with E-state index >= 15 is 0 Å². The topological polar surface area (TPSA) is 35.2 Å². The minimum Gasteiger partial charge on any atom is -0.457 e. The summed E-state index contributed by atoms with van der Waals surface area (Å²) in [7, 11) is 0. The monoisotopic (exact) mass is 263 g/mol. The van der Waals surface area contributed by atoms with Crippen LogP contribution in [0.15, 0.2) is 54.6 Å². The molecule has 0 aliphatic carbocycles. The molecule has 0 radical (unpaired) electrons. The molecule has 0 amide bonds. The van der Waals surface area contributed by atoms with Crippen LogP contribution in [0.3, 0.4) is 0 Å². The van der Waals surface area contributed by atoms with E-state index in [1.807, 2.05) is 54.6 Å². The van der Waals surface area contributed by atoms with Gasteiger partial charge in [0.25, 0.3) is 0 Å². The van der Waals surface area contributed by atoms with Gasteiger partial charge in [-0.15, -0.1) is 12.4 Å². The zero-order valence-electron chi connectivity index (χ0n) is 10.4. The molecule has 0 bridgehead atoms. The van der Waals surface area contributed by atoms with Crippen molar-refractivity contribution in [3.05, 3.63) is 60.2 Å². The molecular formula is C15H18ClNO. The quantitative estimate of drug-likeness (QED) is 0.892. The van der Waals surface area contributed by atoms with Crippen LogP contribution in [0.25, 0.3) is 0 Å². The third-order valence-corrected chi connectivity index (χ3v) is 2.70. The second-order valence-electron chi connectivity index (χ2n) is 4.00. The number of halogens is 1. The van der Waals surface area contributed by atoms with Gasteiger partial charge in [0.15, 0.2) is 0 Å². The van der Waals surface area contributed by atoms with Gasteiger partial charge in [-0.3, -0.25) is 0 Å². The molecule has 2 aromatic carbocycles. The van der Waals surface area contributed by atoms with Crippen LogP contribution >= 0.6 is 12.4 Å². The number of ether oxygens (including phenoxy) is 1. The fraction of sp³-hybridized carbons (Fsp3) is 0.200. The molecule has 18 heavy (non-hydrogen) atoms. The van der Waals surface area contributed by atoms with Crippen molar-refractivity contribution in [2.75, 3.05) is 0 Å². The summed E-state index contributed by atoms with van der Waals surface area (Å²) in [5.74, 6) is 1.67. The SMILES string of the molecule is CC[C@H](N)c1cccc(Oc2ccccc2)c1.Cl. The largest absolute Gasteiger partial charge is 0.457 e. The molecule has 0 aromatic heterocycles. The first-order valence-corrected chi connectivity index (χ1v) is 5.88. The molecule has 2 rings (SSSR count). The van der Waals surface area contributed by atoms with Gasteiger partial charge in [0.05, 0.1) is 0 Å². The fourth-order valence-corrected chi connectivity index (χ4v) is 1.67. The molecule has 0 unspecified atom stereocenters. The lowest BCUT2D eigenvalue weighted by molar-refractivity contribution is 0.481. The van der Waals surface area contributed by atoms with Crippen LogP contribution in [0.4, 0.5) is 0 Å². The van der Waals surface area contributed by atoms with Crippen LogP contribution in [0, 0.1) is 0 Å². The smallest absolute Gasteiger partial charge is 0.127 e. The molecule has 1 atom stereocenters. The van der Waals surface area contributed by atoms with Gasteiger partial charge in [-0.05, 0) is 36.2 Å². The van der Waals surface area contributed by atoms with Crippen LogP contribution in [0.2, 0.25) is 0 Å². The first-order chi connectivity index (χ1) is 8.29. The van der Waals surface area contributed by atoms with Crippen LogP contribution in [0.5, 0.6) is 11.5 Å². The maximum atomic E-state index is 6.00. The molecule has 3 heteroatoms. The van der Waals surface area contributed by atoms with Crippen molar-refractivity contribution in [2.45, 2.75) is 19.4 Å². The van der Waals surface area contributed by atoms with Gasteiger partial charge in [-0.1, -0.05) is 37.3 Å². The average molecular weight is 264 g/mol. The summed E-state index contributed by atoms with van der Waals surface area (Å²) in [5, 5.41) is 0. The number of benzene rings is 2. The first-order valence-electron chi connectivity index (χ1n) is 5.88. The molecule has 2 N–H and O–H groups in total. The number of hydrogen-bond acceptors (Lipinski definition) is 2. The molecule has 0 spiro atoms. The second kappa shape index (κ2) is 7.04. The molecule has 96 valence electrons. The Hall–Kier alpha value is -1.51. The lowest BCUT2D eigenvalue weighted by Gasteiger charge is -2.11. The van der Waals surface area contributed by atoms with E-state index in [-0.39, 0.29) is 18.4 Å². The Morgan fingerprint density at radius 3 is 2.33 bits per heavy atom. The molecule has 2 aromatic rings. The Morgan fingerprint density at radius 2 is 1.67 bits per heavy atom. The van der Waals surface area contributed by atoms with Crippen molar-refractivity contribution < 1.29 is 4.74 Å². The summed E-state index contributed by atoms with van der Waals surface area (Å²) in [6, 6.07) is 17.8. The van der Waals surface area contributed by atoms with Gasteiger partial charge in [-0.2, -0.15) is 0 Å². The highest BCUT2D eigenvalue weighted by molar-refractivity contribution is 5.85. The summed E-state index contributed by atoms with van der Waals surface area (Å²) < 4.78 is 5.76. The van der Waals surface area contributed by atoms with Crippen molar-refractivity contribution in [3.63, 3.8) is 0 Å². The predicted octanol–water partition coefficient (Wildman–Crippen LogP) is 4.31. The number of hydrogen-bond donors (Lipinski definition) is 1. The maximum absolute atomic E-state index is 6.00. The van der Waals surface area contributed by atoms with Crippen molar-refractivity contribution in [1.82, 2.24) is 0 Å². The van der Waals surface area contributed by atoms with E-state index in [0.717, 1.165) is 23.5 Å². The highest BCUT2D eigenvalue weighted by Crippen LogP contribution is 2.24. The Morgan fingerprint density at radius 1 is 1.00 bits per heavy atom. The Kier molecular flexibility index (Phi) is 5.69. The van der Waals surface area contributed by atoms with Gasteiger partial charge in [-0.25, -0.2) is 0 Å². The minimum atomic E-state index is 0. The highest BCUT2D eigenvalue weighted by atomic mass is 35.5. The second-order valence-corrected chi connectivity index (χ2v) is 4.00. The molecule has 0 aliphatic rings. The third-order valence-electron chi connectivity index (χ3n) is 2.70. The number of para-hydroxylation sites is 1. The van der Waals surface area contributed by atoms with E-state index < -0.39 is 0 Å². The summed E-state index contributed by atoms with van der Waals surface area (Å²) in [6.45, 7) is 2.08. The van der Waals surface area contributed by atoms with E-state index in [2.05, 4.69) is 6.92 Å². The molecule has 0 saturated carbocycles. The fourth-order valence-electron chi connectivity index (χ4n) is 1.67. The highest BCUT2D eigenvalue weighted by Gasteiger charge is 2.04. The van der Waals surface area contributed by atoms with Crippen molar-refractivity contribution in [2.24, 2.45) is 5.73 Å². The van der Waals surface area contributed by atoms with Crippen LogP contribution < -0.4 is 10.5 Å². The Bertz CT molecular complexity index is 473. The zero-order chi connectivity index (χ0) is 12.1. The van der Waals surface area contributed by atoms with Gasteiger partial charge < -0.3 is 10.5 Å². The maximum Gasteiger partial charge on any atom is 0.127 e. The first kappa shape index (κ1) is 14.6. The summed E-state index contributed by atoms with van der Waals surface area (Å²) in [5.41, 5.74) is 7.11. The van der Waals surface area contributed by atoms with E-state index in [1.54, 1.807) is 0 Å². The van der Waals surface area contributed by atoms with Crippen LogP contribution in [-0.4, -0.2) is 0 Å². The number of nitrogens with two attached hydrogens (primary N) is 1. The number of rotatable bonds is 4. The van der Waals surface area contributed by atoms with E-state index in [9.17, 15) is 0 Å². The van der Waals surface area contributed by atoms with E-state index in [4.69, 9.17) is 10.5 Å². The lowest BCUT2D eigenvalue weighted by atomic mass is 10.1. The summed E-state index contributed by atoms with van der Waals surface area (Å²) in [6.07, 6.45) is 0.925. The molecule has 2 nitrogen and oxygen atoms in total. The summed E-state index contributed by atoms with van der Waals surface area (Å²) >= 11 is 0. The normalized spacial score (nSPS) is 11.4. The molecular weight excluding hydrogens is 246 g/mol. The molecule has 0 fully saturated rings. The van der Waals surface area contributed by atoms with E-state index in [1.165, 1.54) is 0 Å². The average Bonchev–Trinajstić information content (AvgIpc) is 2.39. The Labute approximate surface area is 114 Å².